The Bertz CT molecular complexity index is 831. The van der Waals surface area contributed by atoms with Crippen LogP contribution in [0.3, 0.4) is 0 Å². The number of rotatable bonds is 5. The molecule has 2 heterocycles. The lowest BCUT2D eigenvalue weighted by Gasteiger charge is -2.56. The molecular formula is C23H30N4O3S. The first kappa shape index (κ1) is 20.8. The van der Waals surface area contributed by atoms with E-state index in [2.05, 4.69) is 15.6 Å². The normalized spacial score (nSPS) is 31.0. The van der Waals surface area contributed by atoms with Gasteiger partial charge in [-0.05, 0) is 81.3 Å². The van der Waals surface area contributed by atoms with Gasteiger partial charge < -0.3 is 10.2 Å². The van der Waals surface area contributed by atoms with Crippen molar-refractivity contribution in [1.29, 1.82) is 0 Å². The summed E-state index contributed by atoms with van der Waals surface area (Å²) in [5.74, 6) is 2.02. The zero-order valence-electron chi connectivity index (χ0n) is 17.8. The van der Waals surface area contributed by atoms with Gasteiger partial charge in [0, 0.05) is 24.8 Å². The van der Waals surface area contributed by atoms with Gasteiger partial charge in [-0.15, -0.1) is 0 Å². The molecule has 1 aromatic rings. The maximum absolute atomic E-state index is 12.5. The molecule has 4 amide bonds. The van der Waals surface area contributed by atoms with Crippen LogP contribution in [0.2, 0.25) is 0 Å². The van der Waals surface area contributed by atoms with Crippen LogP contribution in [0, 0.1) is 17.8 Å². The number of thioether (sulfide) groups is 1. The molecule has 0 spiro atoms. The summed E-state index contributed by atoms with van der Waals surface area (Å²) >= 11 is 1.27. The lowest BCUT2D eigenvalue weighted by Crippen LogP contribution is -2.61. The molecule has 4 bridgehead atoms. The fourth-order valence-electron chi connectivity index (χ4n) is 6.53. The quantitative estimate of drug-likeness (QED) is 0.684. The molecule has 8 heteroatoms. The lowest BCUT2D eigenvalue weighted by atomic mass is 9.53. The Morgan fingerprint density at radius 1 is 1.03 bits per heavy atom. The summed E-state index contributed by atoms with van der Waals surface area (Å²) in [5.41, 5.74) is 0.469. The van der Waals surface area contributed by atoms with Crippen LogP contribution in [0.15, 0.2) is 23.4 Å². The Hall–Kier alpha value is -2.09. The van der Waals surface area contributed by atoms with Gasteiger partial charge >= 0.3 is 6.03 Å². The highest BCUT2D eigenvalue weighted by Gasteiger charge is 2.51. The van der Waals surface area contributed by atoms with Gasteiger partial charge in [0.25, 0.3) is 5.91 Å². The molecule has 2 N–H and O–H groups in total. The molecule has 5 fully saturated rings. The number of nitrogens with zero attached hydrogens (tertiary/aromatic N) is 2. The van der Waals surface area contributed by atoms with E-state index in [-0.39, 0.29) is 29.1 Å². The standard InChI is InChI=1S/C23H30N4O3S/c28-19(14-31-20-4-3-18(13-24-20)21(29)27-5-1-2-6-27)25-22(30)26-23-10-15-7-16(11-23)9-17(8-15)12-23/h3-4,13,15-17H,1-2,5-12,14H2,(H2,25,26,28,30). The summed E-state index contributed by atoms with van der Waals surface area (Å²) < 4.78 is 0. The second-order valence-electron chi connectivity index (χ2n) is 9.87. The first-order chi connectivity index (χ1) is 15.0. The summed E-state index contributed by atoms with van der Waals surface area (Å²) in [6.07, 6.45) is 10.8. The SMILES string of the molecule is O=C(CSc1ccc(C(=O)N2CCCC2)cn1)NC(=O)NC12CC3CC(CC(C3)C1)C2. The summed E-state index contributed by atoms with van der Waals surface area (Å²) in [6, 6.07) is 3.15. The van der Waals surface area contributed by atoms with Crippen molar-refractivity contribution in [1.82, 2.24) is 20.5 Å². The Labute approximate surface area is 187 Å². The van der Waals surface area contributed by atoms with Gasteiger partial charge in [0.05, 0.1) is 16.3 Å². The van der Waals surface area contributed by atoms with Crippen LogP contribution in [0.1, 0.15) is 61.7 Å². The van der Waals surface area contributed by atoms with Crippen molar-refractivity contribution in [2.24, 2.45) is 17.8 Å². The number of nitrogens with one attached hydrogen (secondary N) is 2. The molecule has 1 saturated heterocycles. The second-order valence-corrected chi connectivity index (χ2v) is 10.9. The molecule has 0 aromatic carbocycles. The van der Waals surface area contributed by atoms with Crippen molar-refractivity contribution in [2.75, 3.05) is 18.8 Å². The van der Waals surface area contributed by atoms with Crippen LogP contribution < -0.4 is 10.6 Å². The van der Waals surface area contributed by atoms with Crippen molar-refractivity contribution in [3.05, 3.63) is 23.9 Å². The van der Waals surface area contributed by atoms with E-state index in [1.54, 1.807) is 18.3 Å². The molecule has 6 rings (SSSR count). The van der Waals surface area contributed by atoms with Crippen molar-refractivity contribution < 1.29 is 14.4 Å². The smallest absolute Gasteiger partial charge is 0.321 e. The fraction of sp³-hybridized carbons (Fsp3) is 0.652. The number of urea groups is 1. The number of aromatic nitrogens is 1. The first-order valence-corrected chi connectivity index (χ1v) is 12.5. The zero-order valence-corrected chi connectivity index (χ0v) is 18.6. The van der Waals surface area contributed by atoms with Gasteiger partial charge in [-0.3, -0.25) is 14.9 Å². The topological polar surface area (TPSA) is 91.4 Å². The molecule has 0 radical (unpaired) electrons. The highest BCUT2D eigenvalue weighted by atomic mass is 32.2. The number of imide groups is 1. The molecule has 31 heavy (non-hydrogen) atoms. The van der Waals surface area contributed by atoms with E-state index in [1.165, 1.54) is 31.0 Å². The van der Waals surface area contributed by atoms with Gasteiger partial charge in [-0.1, -0.05) is 11.8 Å². The molecule has 5 aliphatic rings. The first-order valence-electron chi connectivity index (χ1n) is 11.5. The molecule has 4 saturated carbocycles. The Balaban J connectivity index is 1.08. The molecule has 1 aliphatic heterocycles. The van der Waals surface area contributed by atoms with Crippen molar-refractivity contribution in [2.45, 2.75) is 61.9 Å². The van der Waals surface area contributed by atoms with Crippen LogP contribution in [-0.4, -0.2) is 52.1 Å². The lowest BCUT2D eigenvalue weighted by molar-refractivity contribution is -0.117. The van der Waals surface area contributed by atoms with Crippen molar-refractivity contribution in [3.8, 4) is 0 Å². The summed E-state index contributed by atoms with van der Waals surface area (Å²) in [7, 11) is 0. The largest absolute Gasteiger partial charge is 0.339 e. The molecule has 166 valence electrons. The Morgan fingerprint density at radius 3 is 2.26 bits per heavy atom. The van der Waals surface area contributed by atoms with Crippen LogP contribution in [-0.2, 0) is 4.79 Å². The maximum atomic E-state index is 12.5. The Morgan fingerprint density at radius 2 is 1.68 bits per heavy atom. The predicted molar refractivity (Wildman–Crippen MR) is 118 cm³/mol. The molecule has 1 aromatic heterocycles. The number of pyridine rings is 1. The van der Waals surface area contributed by atoms with E-state index in [0.29, 0.717) is 10.6 Å². The third kappa shape index (κ3) is 4.59. The summed E-state index contributed by atoms with van der Waals surface area (Å²) in [4.78, 5) is 43.3. The third-order valence-electron chi connectivity index (χ3n) is 7.40. The number of hydrogen-bond donors (Lipinski definition) is 2. The van der Waals surface area contributed by atoms with Crippen LogP contribution in [0.25, 0.3) is 0 Å². The average molecular weight is 443 g/mol. The van der Waals surface area contributed by atoms with E-state index in [0.717, 1.165) is 62.9 Å². The predicted octanol–water partition coefficient (Wildman–Crippen LogP) is 3.20. The molecular weight excluding hydrogens is 412 g/mol. The number of amides is 4. The fourth-order valence-corrected chi connectivity index (χ4v) is 7.18. The summed E-state index contributed by atoms with van der Waals surface area (Å²) in [5, 5.41) is 6.32. The zero-order chi connectivity index (χ0) is 21.4. The van der Waals surface area contributed by atoms with E-state index in [9.17, 15) is 14.4 Å². The van der Waals surface area contributed by atoms with Crippen LogP contribution in [0.5, 0.6) is 0 Å². The molecule has 0 atom stereocenters. The maximum Gasteiger partial charge on any atom is 0.321 e. The van der Waals surface area contributed by atoms with Crippen LogP contribution >= 0.6 is 11.8 Å². The minimum absolute atomic E-state index is 0.0145. The minimum Gasteiger partial charge on any atom is -0.339 e. The van der Waals surface area contributed by atoms with Gasteiger partial charge in [-0.25, -0.2) is 9.78 Å². The monoisotopic (exact) mass is 442 g/mol. The van der Waals surface area contributed by atoms with E-state index < -0.39 is 0 Å². The molecule has 4 aliphatic carbocycles. The van der Waals surface area contributed by atoms with E-state index in [1.807, 2.05) is 4.90 Å². The van der Waals surface area contributed by atoms with Crippen molar-refractivity contribution >= 4 is 29.6 Å². The average Bonchev–Trinajstić information content (AvgIpc) is 3.25. The minimum atomic E-state index is -0.368. The number of carbonyl (C=O) groups excluding carboxylic acids is 3. The highest BCUT2D eigenvalue weighted by molar-refractivity contribution is 7.99. The van der Waals surface area contributed by atoms with Gasteiger partial charge in [0.15, 0.2) is 0 Å². The Kier molecular flexibility index (Phi) is 5.67. The summed E-state index contributed by atoms with van der Waals surface area (Å²) in [6.45, 7) is 1.61. The molecule has 0 unspecified atom stereocenters. The van der Waals surface area contributed by atoms with Gasteiger partial charge in [-0.2, -0.15) is 0 Å². The van der Waals surface area contributed by atoms with E-state index in [4.69, 9.17) is 0 Å². The van der Waals surface area contributed by atoms with Crippen LogP contribution in [0.4, 0.5) is 4.79 Å². The van der Waals surface area contributed by atoms with E-state index >= 15 is 0 Å². The third-order valence-corrected chi connectivity index (χ3v) is 8.34. The van der Waals surface area contributed by atoms with Gasteiger partial charge in [0.2, 0.25) is 5.91 Å². The number of likely N-dealkylation sites (tertiary alicyclic amines) is 1. The number of carbonyl (C=O) groups is 3. The molecule has 7 nitrogen and oxygen atoms in total. The number of hydrogen-bond acceptors (Lipinski definition) is 5. The second kappa shape index (κ2) is 8.45. The van der Waals surface area contributed by atoms with Crippen molar-refractivity contribution in [3.63, 3.8) is 0 Å². The highest BCUT2D eigenvalue weighted by Crippen LogP contribution is 2.55. The van der Waals surface area contributed by atoms with Gasteiger partial charge in [0.1, 0.15) is 0 Å².